The number of aromatic nitrogens is 4. The minimum Gasteiger partial charge on any atom is -0.339 e. The first-order chi connectivity index (χ1) is 11.7. The molecule has 1 fully saturated rings. The predicted molar refractivity (Wildman–Crippen MR) is 89.7 cm³/mol. The first-order valence-corrected chi connectivity index (χ1v) is 8.94. The highest BCUT2D eigenvalue weighted by Gasteiger charge is 2.28. The van der Waals surface area contributed by atoms with Gasteiger partial charge in [-0.3, -0.25) is 14.3 Å². The highest BCUT2D eigenvalue weighted by molar-refractivity contribution is 7.13. The second-order valence-corrected chi connectivity index (χ2v) is 6.62. The van der Waals surface area contributed by atoms with E-state index in [-0.39, 0.29) is 17.7 Å². The van der Waals surface area contributed by atoms with Gasteiger partial charge in [0.2, 0.25) is 11.0 Å². The number of nitrogens with zero attached hydrogens (tertiary/aromatic N) is 5. The van der Waals surface area contributed by atoms with Crippen LogP contribution in [0.25, 0.3) is 0 Å². The summed E-state index contributed by atoms with van der Waals surface area (Å²) in [6.45, 7) is 4.03. The lowest BCUT2D eigenvalue weighted by Crippen LogP contribution is -2.41. The molecular weight excluding hydrogens is 328 g/mol. The van der Waals surface area contributed by atoms with Crippen LogP contribution in [0.15, 0.2) is 17.9 Å². The summed E-state index contributed by atoms with van der Waals surface area (Å²) in [6.07, 6.45) is 5.69. The molecule has 0 spiro atoms. The van der Waals surface area contributed by atoms with Gasteiger partial charge in [0.05, 0.1) is 11.8 Å². The first kappa shape index (κ1) is 16.6. The van der Waals surface area contributed by atoms with Crippen molar-refractivity contribution in [2.45, 2.75) is 32.7 Å². The Hall–Kier alpha value is -2.29. The second kappa shape index (κ2) is 7.52. The maximum absolute atomic E-state index is 12.5. The Morgan fingerprint density at radius 1 is 1.38 bits per heavy atom. The van der Waals surface area contributed by atoms with Crippen LogP contribution >= 0.6 is 11.3 Å². The third-order valence-electron chi connectivity index (χ3n) is 4.08. The number of piperidine rings is 1. The van der Waals surface area contributed by atoms with Gasteiger partial charge < -0.3 is 10.2 Å². The molecule has 0 atom stereocenters. The van der Waals surface area contributed by atoms with Crippen molar-refractivity contribution in [3.05, 3.63) is 23.5 Å². The minimum atomic E-state index is -0.0965. The van der Waals surface area contributed by atoms with Gasteiger partial charge in [0.15, 0.2) is 0 Å². The molecule has 0 radical (unpaired) electrons. The van der Waals surface area contributed by atoms with Crippen molar-refractivity contribution in [3.63, 3.8) is 0 Å². The van der Waals surface area contributed by atoms with E-state index in [0.29, 0.717) is 36.6 Å². The molecule has 1 saturated heterocycles. The summed E-state index contributed by atoms with van der Waals surface area (Å²) >= 11 is 1.30. The van der Waals surface area contributed by atoms with Gasteiger partial charge in [-0.05, 0) is 19.3 Å². The molecule has 1 N–H and O–H groups in total. The van der Waals surface area contributed by atoms with Gasteiger partial charge in [0, 0.05) is 31.7 Å². The predicted octanol–water partition coefficient (Wildman–Crippen LogP) is 1.64. The zero-order valence-electron chi connectivity index (χ0n) is 13.5. The number of rotatable bonds is 5. The molecular formula is C15H20N6O2S. The maximum atomic E-state index is 12.5. The second-order valence-electron chi connectivity index (χ2n) is 5.79. The van der Waals surface area contributed by atoms with Gasteiger partial charge in [-0.15, -0.1) is 10.2 Å². The smallest absolute Gasteiger partial charge is 0.257 e. The van der Waals surface area contributed by atoms with Gasteiger partial charge in [-0.25, -0.2) is 0 Å². The Morgan fingerprint density at radius 2 is 2.17 bits per heavy atom. The highest BCUT2D eigenvalue weighted by atomic mass is 32.1. The maximum Gasteiger partial charge on any atom is 0.257 e. The lowest BCUT2D eigenvalue weighted by atomic mass is 9.95. The molecule has 1 aliphatic heterocycles. The molecule has 0 saturated carbocycles. The van der Waals surface area contributed by atoms with Crippen molar-refractivity contribution in [3.8, 4) is 0 Å². The van der Waals surface area contributed by atoms with Gasteiger partial charge >= 0.3 is 0 Å². The largest absolute Gasteiger partial charge is 0.339 e. The summed E-state index contributed by atoms with van der Waals surface area (Å²) in [4.78, 5) is 26.5. The van der Waals surface area contributed by atoms with E-state index < -0.39 is 0 Å². The Balaban J connectivity index is 1.52. The zero-order chi connectivity index (χ0) is 16.9. The molecule has 3 rings (SSSR count). The number of hydrogen-bond donors (Lipinski definition) is 1. The summed E-state index contributed by atoms with van der Waals surface area (Å²) in [6, 6.07) is 0. The molecule has 128 valence electrons. The lowest BCUT2D eigenvalue weighted by molar-refractivity contribution is -0.121. The molecule has 1 aliphatic rings. The highest BCUT2D eigenvalue weighted by Crippen LogP contribution is 2.21. The minimum absolute atomic E-state index is 0.0136. The number of hydrogen-bond acceptors (Lipinski definition) is 6. The summed E-state index contributed by atoms with van der Waals surface area (Å²) in [5.74, 6) is -0.157. The summed E-state index contributed by atoms with van der Waals surface area (Å²) in [5.41, 5.74) is 2.19. The molecule has 0 bridgehead atoms. The fourth-order valence-corrected chi connectivity index (χ4v) is 3.24. The topological polar surface area (TPSA) is 93.0 Å². The first-order valence-electron chi connectivity index (χ1n) is 8.06. The zero-order valence-corrected chi connectivity index (χ0v) is 14.3. The molecule has 9 heteroatoms. The van der Waals surface area contributed by atoms with E-state index in [4.69, 9.17) is 0 Å². The third-order valence-corrected chi connectivity index (χ3v) is 4.68. The van der Waals surface area contributed by atoms with E-state index in [1.54, 1.807) is 27.5 Å². The van der Waals surface area contributed by atoms with E-state index >= 15 is 0 Å². The third kappa shape index (κ3) is 3.78. The normalized spacial score (nSPS) is 15.5. The van der Waals surface area contributed by atoms with Crippen LogP contribution in [0.4, 0.5) is 5.13 Å². The van der Waals surface area contributed by atoms with Crippen molar-refractivity contribution in [2.75, 3.05) is 18.4 Å². The standard InChI is InChI=1S/C15H20N6O2S/c1-2-5-21-9-12(8-17-21)14(23)20-6-3-11(4-7-20)13(22)18-15-19-16-10-24-15/h8-11H,2-7H2,1H3,(H,18,19,22). The van der Waals surface area contributed by atoms with Crippen LogP contribution in [-0.2, 0) is 11.3 Å². The Labute approximate surface area is 143 Å². The molecule has 0 aliphatic carbocycles. The number of carbonyl (C=O) groups excluding carboxylic acids is 2. The summed E-state index contributed by atoms with van der Waals surface area (Å²) in [5, 5.41) is 15.0. The van der Waals surface area contributed by atoms with Gasteiger partial charge in [0.1, 0.15) is 5.51 Å². The Bertz CT molecular complexity index is 691. The van der Waals surface area contributed by atoms with Gasteiger partial charge in [-0.2, -0.15) is 5.10 Å². The van der Waals surface area contributed by atoms with E-state index in [0.717, 1.165) is 13.0 Å². The molecule has 0 unspecified atom stereocenters. The van der Waals surface area contributed by atoms with Crippen LogP contribution in [0.1, 0.15) is 36.5 Å². The van der Waals surface area contributed by atoms with E-state index in [1.165, 1.54) is 11.3 Å². The monoisotopic (exact) mass is 348 g/mol. The molecule has 0 aromatic carbocycles. The van der Waals surface area contributed by atoms with Crippen molar-refractivity contribution in [1.29, 1.82) is 0 Å². The SMILES string of the molecule is CCCn1cc(C(=O)N2CCC(C(=O)Nc3nncs3)CC2)cn1. The number of carbonyl (C=O) groups is 2. The number of anilines is 1. The van der Waals surface area contributed by atoms with Crippen LogP contribution in [0.2, 0.25) is 0 Å². The van der Waals surface area contributed by atoms with Gasteiger partial charge in [0.25, 0.3) is 5.91 Å². The fraction of sp³-hybridized carbons (Fsp3) is 0.533. The molecule has 3 heterocycles. The average molecular weight is 348 g/mol. The van der Waals surface area contributed by atoms with E-state index in [9.17, 15) is 9.59 Å². The van der Waals surface area contributed by atoms with Crippen molar-refractivity contribution in [2.24, 2.45) is 5.92 Å². The Kier molecular flexibility index (Phi) is 5.19. The number of likely N-dealkylation sites (tertiary alicyclic amines) is 1. The van der Waals surface area contributed by atoms with Crippen LogP contribution in [0, 0.1) is 5.92 Å². The molecule has 2 aromatic rings. The van der Waals surface area contributed by atoms with E-state index in [1.807, 2.05) is 0 Å². The summed E-state index contributed by atoms with van der Waals surface area (Å²) in [7, 11) is 0. The average Bonchev–Trinajstić information content (AvgIpc) is 3.27. The van der Waals surface area contributed by atoms with Crippen LogP contribution < -0.4 is 5.32 Å². The summed E-state index contributed by atoms with van der Waals surface area (Å²) < 4.78 is 1.79. The molecule has 8 nitrogen and oxygen atoms in total. The Morgan fingerprint density at radius 3 is 2.83 bits per heavy atom. The van der Waals surface area contributed by atoms with Crippen molar-refractivity contribution in [1.82, 2.24) is 24.9 Å². The van der Waals surface area contributed by atoms with Crippen molar-refractivity contribution < 1.29 is 9.59 Å². The number of aryl methyl sites for hydroxylation is 1. The van der Waals surface area contributed by atoms with E-state index in [2.05, 4.69) is 27.5 Å². The van der Waals surface area contributed by atoms with Crippen molar-refractivity contribution >= 4 is 28.3 Å². The fourth-order valence-electron chi connectivity index (χ4n) is 2.79. The number of amides is 2. The molecule has 2 amide bonds. The van der Waals surface area contributed by atoms with Crippen LogP contribution in [-0.4, -0.2) is 49.8 Å². The van der Waals surface area contributed by atoms with Crippen LogP contribution in [0.3, 0.4) is 0 Å². The number of nitrogens with one attached hydrogen (secondary N) is 1. The van der Waals surface area contributed by atoms with Gasteiger partial charge in [-0.1, -0.05) is 18.3 Å². The molecule has 2 aromatic heterocycles. The van der Waals surface area contributed by atoms with Crippen LogP contribution in [0.5, 0.6) is 0 Å². The lowest BCUT2D eigenvalue weighted by Gasteiger charge is -2.30. The quantitative estimate of drug-likeness (QED) is 0.886. The molecule has 24 heavy (non-hydrogen) atoms.